The molecule has 154 valence electrons. The van der Waals surface area contributed by atoms with E-state index in [0.717, 1.165) is 32.1 Å². The molecule has 1 N–H and O–H groups in total. The molecule has 1 saturated heterocycles. The lowest BCUT2D eigenvalue weighted by molar-refractivity contribution is -0.302. The molecular weight excluding hydrogens is 330 g/mol. The van der Waals surface area contributed by atoms with Gasteiger partial charge in [0.2, 0.25) is 5.91 Å². The van der Waals surface area contributed by atoms with Gasteiger partial charge in [-0.1, -0.05) is 65.2 Å². The quantitative estimate of drug-likeness (QED) is 0.259. The minimum absolute atomic E-state index is 0.0290. The van der Waals surface area contributed by atoms with E-state index in [9.17, 15) is 9.90 Å². The number of unbranched alkanes of at least 4 members (excludes halogenated alkanes) is 8. The van der Waals surface area contributed by atoms with Crippen LogP contribution in [0.25, 0.3) is 0 Å². The van der Waals surface area contributed by atoms with Crippen molar-refractivity contribution in [3.8, 4) is 0 Å². The molecule has 1 fully saturated rings. The fourth-order valence-corrected chi connectivity index (χ4v) is 3.49. The number of hydrogen-bond donors (Lipinski definition) is 1. The van der Waals surface area contributed by atoms with Crippen LogP contribution in [0, 0.1) is 0 Å². The first-order valence-corrected chi connectivity index (χ1v) is 10.9. The van der Waals surface area contributed by atoms with Crippen molar-refractivity contribution < 1.29 is 19.7 Å². The van der Waals surface area contributed by atoms with E-state index < -0.39 is 6.10 Å². The van der Waals surface area contributed by atoms with Crippen molar-refractivity contribution in [1.82, 2.24) is 4.90 Å². The van der Waals surface area contributed by atoms with Crippen molar-refractivity contribution >= 4 is 5.91 Å². The van der Waals surface area contributed by atoms with Crippen molar-refractivity contribution in [2.45, 2.75) is 109 Å². The van der Waals surface area contributed by atoms with E-state index in [1.165, 1.54) is 44.9 Å². The third-order valence-corrected chi connectivity index (χ3v) is 5.13. The second kappa shape index (κ2) is 15.4. The highest BCUT2D eigenvalue weighted by molar-refractivity contribution is 5.76. The Morgan fingerprint density at radius 3 is 2.23 bits per heavy atom. The summed E-state index contributed by atoms with van der Waals surface area (Å²) in [6.07, 6.45) is 13.8. The molecule has 0 aromatic rings. The van der Waals surface area contributed by atoms with Crippen LogP contribution in [0.1, 0.15) is 97.3 Å². The van der Waals surface area contributed by atoms with E-state index in [2.05, 4.69) is 6.92 Å². The van der Waals surface area contributed by atoms with Crippen LogP contribution in [0.3, 0.4) is 0 Å². The molecule has 0 saturated carbocycles. The average molecular weight is 372 g/mol. The Labute approximate surface area is 160 Å². The molecule has 0 radical (unpaired) electrons. The first-order chi connectivity index (χ1) is 12.7. The minimum atomic E-state index is -0.408. The molecule has 5 nitrogen and oxygen atoms in total. The maximum Gasteiger partial charge on any atom is 0.222 e. The second-order valence-electron chi connectivity index (χ2n) is 7.62. The fourth-order valence-electron chi connectivity index (χ4n) is 3.49. The minimum Gasteiger partial charge on any atom is -0.391 e. The van der Waals surface area contributed by atoms with Gasteiger partial charge in [-0.25, -0.2) is 9.78 Å². The van der Waals surface area contributed by atoms with E-state index in [4.69, 9.17) is 9.78 Å². The molecular formula is C21H41NO4. The molecule has 0 spiro atoms. The fraction of sp³-hybridized carbons (Fsp3) is 0.952. The Hall–Kier alpha value is -0.650. The number of piperidine rings is 1. The SMILES string of the molecule is CCCCCCCCCCCC(=O)N1C[C@H](O)CC[C@@H]1COOCCC. The Bertz CT molecular complexity index is 351. The zero-order valence-electron chi connectivity index (χ0n) is 17.1. The second-order valence-corrected chi connectivity index (χ2v) is 7.62. The smallest absolute Gasteiger partial charge is 0.222 e. The maximum absolute atomic E-state index is 12.6. The summed E-state index contributed by atoms with van der Waals surface area (Å²) in [7, 11) is 0. The highest BCUT2D eigenvalue weighted by Crippen LogP contribution is 2.20. The molecule has 0 aromatic heterocycles. The van der Waals surface area contributed by atoms with Crippen LogP contribution >= 0.6 is 0 Å². The molecule has 1 aliphatic rings. The summed E-state index contributed by atoms with van der Waals surface area (Å²) in [5, 5.41) is 9.92. The van der Waals surface area contributed by atoms with Gasteiger partial charge in [0.15, 0.2) is 0 Å². The van der Waals surface area contributed by atoms with Crippen LogP contribution in [-0.2, 0) is 14.6 Å². The summed E-state index contributed by atoms with van der Waals surface area (Å²) < 4.78 is 0. The average Bonchev–Trinajstić information content (AvgIpc) is 2.64. The van der Waals surface area contributed by atoms with Crippen LogP contribution in [0.2, 0.25) is 0 Å². The number of carbonyl (C=O) groups is 1. The monoisotopic (exact) mass is 371 g/mol. The topological polar surface area (TPSA) is 59.0 Å². The van der Waals surface area contributed by atoms with Crippen molar-refractivity contribution in [3.05, 3.63) is 0 Å². The van der Waals surface area contributed by atoms with Crippen molar-refractivity contribution in [3.63, 3.8) is 0 Å². The first kappa shape index (κ1) is 23.4. The lowest BCUT2D eigenvalue weighted by Crippen LogP contribution is -2.50. The van der Waals surface area contributed by atoms with Gasteiger partial charge in [-0.3, -0.25) is 4.79 Å². The summed E-state index contributed by atoms with van der Waals surface area (Å²) >= 11 is 0. The third kappa shape index (κ3) is 10.5. The van der Waals surface area contributed by atoms with Gasteiger partial charge >= 0.3 is 0 Å². The molecule has 0 unspecified atom stereocenters. The number of amides is 1. The van der Waals surface area contributed by atoms with Gasteiger partial charge in [-0.15, -0.1) is 0 Å². The highest BCUT2D eigenvalue weighted by atomic mass is 17.2. The van der Waals surface area contributed by atoms with Crippen LogP contribution in [0.15, 0.2) is 0 Å². The molecule has 5 heteroatoms. The Kier molecular flexibility index (Phi) is 13.9. The van der Waals surface area contributed by atoms with Gasteiger partial charge in [0, 0.05) is 13.0 Å². The van der Waals surface area contributed by atoms with Gasteiger partial charge in [0.1, 0.15) is 6.61 Å². The number of carbonyl (C=O) groups excluding carboxylic acids is 1. The molecule has 2 atom stereocenters. The predicted molar refractivity (Wildman–Crippen MR) is 105 cm³/mol. The normalized spacial score (nSPS) is 20.5. The summed E-state index contributed by atoms with van der Waals surface area (Å²) in [6, 6.07) is 0.0290. The van der Waals surface area contributed by atoms with Gasteiger partial charge in [0.25, 0.3) is 0 Å². The Morgan fingerprint density at radius 1 is 0.923 bits per heavy atom. The Morgan fingerprint density at radius 2 is 1.58 bits per heavy atom. The number of rotatable bonds is 15. The van der Waals surface area contributed by atoms with E-state index in [0.29, 0.717) is 26.2 Å². The zero-order valence-corrected chi connectivity index (χ0v) is 17.1. The van der Waals surface area contributed by atoms with E-state index in [-0.39, 0.29) is 11.9 Å². The zero-order chi connectivity index (χ0) is 19.0. The van der Waals surface area contributed by atoms with E-state index >= 15 is 0 Å². The molecule has 26 heavy (non-hydrogen) atoms. The first-order valence-electron chi connectivity index (χ1n) is 10.9. The summed E-state index contributed by atoms with van der Waals surface area (Å²) in [5.74, 6) is 0.149. The molecule has 0 aromatic carbocycles. The number of aliphatic hydroxyl groups is 1. The largest absolute Gasteiger partial charge is 0.391 e. The molecule has 1 aliphatic heterocycles. The summed E-state index contributed by atoms with van der Waals surface area (Å²) in [5.41, 5.74) is 0. The van der Waals surface area contributed by atoms with Gasteiger partial charge in [-0.2, -0.15) is 0 Å². The molecule has 0 bridgehead atoms. The lowest BCUT2D eigenvalue weighted by Gasteiger charge is -2.37. The van der Waals surface area contributed by atoms with Crippen LogP contribution in [0.4, 0.5) is 0 Å². The number of likely N-dealkylation sites (tertiary alicyclic amines) is 1. The molecule has 1 rings (SSSR count). The number of hydrogen-bond acceptors (Lipinski definition) is 4. The van der Waals surface area contributed by atoms with Crippen LogP contribution in [0.5, 0.6) is 0 Å². The van der Waals surface area contributed by atoms with Gasteiger partial charge < -0.3 is 10.0 Å². The van der Waals surface area contributed by atoms with Crippen molar-refractivity contribution in [1.29, 1.82) is 0 Å². The number of nitrogens with zero attached hydrogens (tertiary/aromatic N) is 1. The Balaban J connectivity index is 2.18. The van der Waals surface area contributed by atoms with Crippen molar-refractivity contribution in [2.24, 2.45) is 0 Å². The van der Waals surface area contributed by atoms with Gasteiger partial charge in [0.05, 0.1) is 18.8 Å². The number of β-amino-alcohol motifs (C(OH)–C–C–N with tert-alkyl or cyclic N) is 1. The van der Waals surface area contributed by atoms with Crippen LogP contribution in [-0.4, -0.2) is 47.8 Å². The molecule has 1 amide bonds. The summed E-state index contributed by atoms with van der Waals surface area (Å²) in [4.78, 5) is 24.7. The predicted octanol–water partition coefficient (Wildman–Crippen LogP) is 4.62. The van der Waals surface area contributed by atoms with E-state index in [1.54, 1.807) is 0 Å². The lowest BCUT2D eigenvalue weighted by atomic mass is 9.99. The number of aliphatic hydroxyl groups excluding tert-OH is 1. The maximum atomic E-state index is 12.6. The van der Waals surface area contributed by atoms with Gasteiger partial charge in [-0.05, 0) is 25.7 Å². The van der Waals surface area contributed by atoms with Crippen molar-refractivity contribution in [2.75, 3.05) is 19.8 Å². The van der Waals surface area contributed by atoms with Crippen LogP contribution < -0.4 is 0 Å². The third-order valence-electron chi connectivity index (χ3n) is 5.13. The highest BCUT2D eigenvalue weighted by Gasteiger charge is 2.30. The standard InChI is InChI=1S/C21H41NO4/c1-3-5-6-7-8-9-10-11-12-13-21(24)22-17-20(23)15-14-19(22)18-26-25-16-4-2/h19-20,23H,3-18H2,1-2H3/t19-,20-/m1/s1. The molecule has 0 aliphatic carbocycles. The van der Waals surface area contributed by atoms with E-state index in [1.807, 2.05) is 11.8 Å². The molecule has 1 heterocycles. The summed E-state index contributed by atoms with van der Waals surface area (Å²) in [6.45, 7) is 5.67.